The highest BCUT2D eigenvalue weighted by Crippen LogP contribution is 2.28. The summed E-state index contributed by atoms with van der Waals surface area (Å²) in [6.45, 7) is 4.24. The van der Waals surface area contributed by atoms with Crippen molar-refractivity contribution in [3.8, 4) is 0 Å². The minimum Gasteiger partial charge on any atom is -0.465 e. The quantitative estimate of drug-likeness (QED) is 0.504. The van der Waals surface area contributed by atoms with Crippen LogP contribution in [0, 0.1) is 0 Å². The van der Waals surface area contributed by atoms with E-state index < -0.39 is 22.0 Å². The normalized spacial score (nSPS) is 12.7. The minimum absolute atomic E-state index is 0.232. The second-order valence-electron chi connectivity index (χ2n) is 7.34. The van der Waals surface area contributed by atoms with E-state index in [9.17, 15) is 13.2 Å². The highest BCUT2D eigenvalue weighted by Gasteiger charge is 2.23. The van der Waals surface area contributed by atoms with E-state index in [1.165, 1.54) is 24.0 Å². The predicted molar refractivity (Wildman–Crippen MR) is 120 cm³/mol. The lowest BCUT2D eigenvalue weighted by molar-refractivity contribution is 0.0600. The lowest BCUT2D eigenvalue weighted by Crippen LogP contribution is -2.30. The van der Waals surface area contributed by atoms with Gasteiger partial charge in [0.05, 0.1) is 24.5 Å². The zero-order valence-electron chi connectivity index (χ0n) is 17.2. The fraction of sp³-hybridized carbons (Fsp3) is 0.261. The molecule has 0 bridgehead atoms. The van der Waals surface area contributed by atoms with Gasteiger partial charge in [-0.2, -0.15) is 0 Å². The second kappa shape index (κ2) is 9.55. The fourth-order valence-corrected chi connectivity index (χ4v) is 5.37. The molecule has 0 saturated heterocycles. The van der Waals surface area contributed by atoms with Crippen LogP contribution in [0.4, 0.5) is 0 Å². The number of benzene rings is 2. The Kier molecular flexibility index (Phi) is 7.07. The van der Waals surface area contributed by atoms with E-state index in [1.807, 2.05) is 41.8 Å². The molecule has 0 aliphatic rings. The fourth-order valence-electron chi connectivity index (χ4n) is 3.17. The van der Waals surface area contributed by atoms with Gasteiger partial charge < -0.3 is 4.74 Å². The van der Waals surface area contributed by atoms with Gasteiger partial charge in [-0.25, -0.2) is 17.9 Å². The molecule has 0 spiro atoms. The molecule has 2 aromatic carbocycles. The summed E-state index contributed by atoms with van der Waals surface area (Å²) in [5.74, 6) is -0.328. The minimum atomic E-state index is -3.68. The third kappa shape index (κ3) is 5.56. The lowest BCUT2D eigenvalue weighted by Gasteiger charge is -2.19. The number of methoxy groups -OCH3 is 1. The zero-order chi connectivity index (χ0) is 21.7. The Morgan fingerprint density at radius 3 is 2.33 bits per heavy atom. The summed E-state index contributed by atoms with van der Waals surface area (Å²) in [5.41, 5.74) is 2.93. The van der Waals surface area contributed by atoms with Crippen molar-refractivity contribution < 1.29 is 17.9 Å². The van der Waals surface area contributed by atoms with Crippen LogP contribution in [0.15, 0.2) is 66.0 Å². The first-order chi connectivity index (χ1) is 14.3. The monoisotopic (exact) mass is 443 g/mol. The van der Waals surface area contributed by atoms with Crippen LogP contribution < -0.4 is 4.72 Å². The van der Waals surface area contributed by atoms with E-state index in [0.29, 0.717) is 17.0 Å². The van der Waals surface area contributed by atoms with E-state index in [-0.39, 0.29) is 5.75 Å². The summed E-state index contributed by atoms with van der Waals surface area (Å²) in [6.07, 6.45) is 0. The van der Waals surface area contributed by atoms with Crippen molar-refractivity contribution in [3.05, 3.63) is 93.2 Å². The van der Waals surface area contributed by atoms with E-state index >= 15 is 0 Å². The molecule has 7 heteroatoms. The number of sulfonamides is 1. The number of carbonyl (C=O) groups excluding carboxylic acids is 1. The van der Waals surface area contributed by atoms with Crippen molar-refractivity contribution in [2.75, 3.05) is 7.11 Å². The molecule has 3 rings (SSSR count). The first kappa shape index (κ1) is 22.2. The van der Waals surface area contributed by atoms with E-state index in [0.717, 1.165) is 10.4 Å². The van der Waals surface area contributed by atoms with Crippen LogP contribution in [0.1, 0.15) is 57.7 Å². The van der Waals surface area contributed by atoms with Gasteiger partial charge in [-0.15, -0.1) is 11.3 Å². The molecular formula is C23H25NO4S2. The molecule has 0 fully saturated rings. The predicted octanol–water partition coefficient (Wildman–Crippen LogP) is 4.87. The van der Waals surface area contributed by atoms with Crippen LogP contribution in [-0.2, 0) is 20.5 Å². The molecule has 1 unspecified atom stereocenters. The van der Waals surface area contributed by atoms with Gasteiger partial charge in [-0.05, 0) is 46.2 Å². The van der Waals surface area contributed by atoms with Crippen LogP contribution >= 0.6 is 11.3 Å². The largest absolute Gasteiger partial charge is 0.465 e. The maximum absolute atomic E-state index is 13.0. The van der Waals surface area contributed by atoms with Gasteiger partial charge in [0, 0.05) is 4.88 Å². The number of hydrogen-bond acceptors (Lipinski definition) is 5. The molecule has 1 aromatic heterocycles. The molecule has 3 aromatic rings. The van der Waals surface area contributed by atoms with E-state index in [4.69, 9.17) is 4.74 Å². The molecule has 0 amide bonds. The maximum atomic E-state index is 13.0. The van der Waals surface area contributed by atoms with Crippen molar-refractivity contribution in [1.82, 2.24) is 4.72 Å². The third-order valence-electron chi connectivity index (χ3n) is 4.77. The average Bonchev–Trinajstić information content (AvgIpc) is 3.26. The van der Waals surface area contributed by atoms with Gasteiger partial charge in [-0.1, -0.05) is 56.3 Å². The number of ether oxygens (including phenoxy) is 1. The molecule has 1 N–H and O–H groups in total. The summed E-state index contributed by atoms with van der Waals surface area (Å²) in [6, 6.07) is 17.9. The second-order valence-corrected chi connectivity index (χ2v) is 10.1. The number of thiophene rings is 1. The van der Waals surface area contributed by atoms with Gasteiger partial charge in [0.25, 0.3) is 0 Å². The van der Waals surface area contributed by atoms with Crippen LogP contribution in [0.5, 0.6) is 0 Å². The van der Waals surface area contributed by atoms with E-state index in [2.05, 4.69) is 18.6 Å². The molecule has 158 valence electrons. The summed E-state index contributed by atoms with van der Waals surface area (Å²) in [5, 5.41) is 1.93. The van der Waals surface area contributed by atoms with Gasteiger partial charge in [-0.3, -0.25) is 0 Å². The van der Waals surface area contributed by atoms with Crippen LogP contribution in [0.25, 0.3) is 0 Å². The number of rotatable bonds is 8. The van der Waals surface area contributed by atoms with Crippen molar-refractivity contribution in [2.24, 2.45) is 0 Å². The Morgan fingerprint density at radius 1 is 1.03 bits per heavy atom. The lowest BCUT2D eigenvalue weighted by atomic mass is 9.99. The average molecular weight is 444 g/mol. The molecule has 1 atom stereocenters. The summed E-state index contributed by atoms with van der Waals surface area (Å²) >= 11 is 1.50. The Bertz CT molecular complexity index is 1090. The standard InChI is InChI=1S/C23H25NO4S2/c1-16(2)18-9-11-19(12-10-18)22(21-8-5-13-29-21)24-30(26,27)15-17-6-4-7-20(14-17)23(25)28-3/h4-14,16,22,24H,15H2,1-3H3. The Labute approximate surface area is 181 Å². The highest BCUT2D eigenvalue weighted by molar-refractivity contribution is 7.88. The number of hydrogen-bond donors (Lipinski definition) is 1. The maximum Gasteiger partial charge on any atom is 0.337 e. The topological polar surface area (TPSA) is 72.5 Å². The Morgan fingerprint density at radius 2 is 1.73 bits per heavy atom. The molecule has 0 saturated carbocycles. The molecule has 30 heavy (non-hydrogen) atoms. The molecule has 5 nitrogen and oxygen atoms in total. The number of nitrogens with one attached hydrogen (secondary N) is 1. The zero-order valence-corrected chi connectivity index (χ0v) is 18.8. The SMILES string of the molecule is COC(=O)c1cccc(CS(=O)(=O)NC(c2ccc(C(C)C)cc2)c2cccs2)c1. The van der Waals surface area contributed by atoms with Crippen molar-refractivity contribution in [3.63, 3.8) is 0 Å². The first-order valence-corrected chi connectivity index (χ1v) is 12.1. The summed E-state index contributed by atoms with van der Waals surface area (Å²) in [4.78, 5) is 12.7. The van der Waals surface area contributed by atoms with E-state index in [1.54, 1.807) is 24.3 Å². The van der Waals surface area contributed by atoms with Gasteiger partial charge in [0.2, 0.25) is 10.0 Å². The van der Waals surface area contributed by atoms with Gasteiger partial charge in [0.15, 0.2) is 0 Å². The third-order valence-corrected chi connectivity index (χ3v) is 7.01. The first-order valence-electron chi connectivity index (χ1n) is 9.59. The van der Waals surface area contributed by atoms with Crippen LogP contribution in [0.3, 0.4) is 0 Å². The molecular weight excluding hydrogens is 418 g/mol. The molecule has 0 aliphatic carbocycles. The van der Waals surface area contributed by atoms with Gasteiger partial charge >= 0.3 is 5.97 Å². The molecule has 0 aliphatic heterocycles. The smallest absolute Gasteiger partial charge is 0.337 e. The summed E-state index contributed by atoms with van der Waals surface area (Å²) in [7, 11) is -2.38. The highest BCUT2D eigenvalue weighted by atomic mass is 32.2. The molecule has 0 radical (unpaired) electrons. The number of carbonyl (C=O) groups is 1. The van der Waals surface area contributed by atoms with Crippen molar-refractivity contribution in [2.45, 2.75) is 31.6 Å². The van der Waals surface area contributed by atoms with Gasteiger partial charge in [0.1, 0.15) is 0 Å². The van der Waals surface area contributed by atoms with Crippen molar-refractivity contribution >= 4 is 27.3 Å². The van der Waals surface area contributed by atoms with Crippen LogP contribution in [0.2, 0.25) is 0 Å². The van der Waals surface area contributed by atoms with Crippen molar-refractivity contribution in [1.29, 1.82) is 0 Å². The Hall–Kier alpha value is -2.48. The summed E-state index contributed by atoms with van der Waals surface area (Å²) < 4.78 is 33.5. The van der Waals surface area contributed by atoms with Crippen LogP contribution in [-0.4, -0.2) is 21.5 Å². The Balaban J connectivity index is 1.86. The number of esters is 1. The molecule has 1 heterocycles.